The zero-order chi connectivity index (χ0) is 13.0. The number of anilines is 1. The summed E-state index contributed by atoms with van der Waals surface area (Å²) in [4.78, 5) is 4.06. The molecule has 1 N–H and O–H groups in total. The predicted octanol–water partition coefficient (Wildman–Crippen LogP) is 3.83. The summed E-state index contributed by atoms with van der Waals surface area (Å²) in [5, 5.41) is 12.4. The van der Waals surface area contributed by atoms with Gasteiger partial charge in [-0.3, -0.25) is 4.98 Å². The number of pyridine rings is 1. The lowest BCUT2D eigenvalue weighted by atomic mass is 10.1. The predicted molar refractivity (Wildman–Crippen MR) is 75.1 cm³/mol. The lowest BCUT2D eigenvalue weighted by Gasteiger charge is -2.13. The number of hydrogen-bond donors (Lipinski definition) is 1. The van der Waals surface area contributed by atoms with E-state index in [4.69, 9.17) is 0 Å². The standard InChI is InChI=1S/C14H12BrN3/c1-10-3-2-4-11(5-10)14(7-16)18-13-6-12(15)8-17-9-13/h2-6,8-9,14,18H,1H3. The Morgan fingerprint density at radius 1 is 1.33 bits per heavy atom. The van der Waals surface area contributed by atoms with Gasteiger partial charge in [0.15, 0.2) is 0 Å². The van der Waals surface area contributed by atoms with Gasteiger partial charge in [-0.1, -0.05) is 29.8 Å². The maximum atomic E-state index is 9.26. The Hall–Kier alpha value is -1.86. The van der Waals surface area contributed by atoms with Gasteiger partial charge in [0.25, 0.3) is 0 Å². The van der Waals surface area contributed by atoms with Crippen molar-refractivity contribution in [2.45, 2.75) is 13.0 Å². The first-order valence-electron chi connectivity index (χ1n) is 5.52. The Morgan fingerprint density at radius 3 is 2.83 bits per heavy atom. The second-order valence-corrected chi connectivity index (χ2v) is 4.93. The van der Waals surface area contributed by atoms with E-state index in [-0.39, 0.29) is 6.04 Å². The van der Waals surface area contributed by atoms with E-state index in [1.165, 1.54) is 0 Å². The number of nitrogens with zero attached hydrogens (tertiary/aromatic N) is 2. The van der Waals surface area contributed by atoms with Gasteiger partial charge >= 0.3 is 0 Å². The first-order valence-corrected chi connectivity index (χ1v) is 6.31. The highest BCUT2D eigenvalue weighted by Crippen LogP contribution is 2.21. The maximum Gasteiger partial charge on any atom is 0.140 e. The second kappa shape index (κ2) is 5.65. The third-order valence-corrected chi connectivity index (χ3v) is 2.95. The van der Waals surface area contributed by atoms with Crippen molar-refractivity contribution in [2.24, 2.45) is 0 Å². The van der Waals surface area contributed by atoms with Crippen LogP contribution in [-0.2, 0) is 0 Å². The van der Waals surface area contributed by atoms with Crippen LogP contribution in [0.15, 0.2) is 47.2 Å². The van der Waals surface area contributed by atoms with Gasteiger partial charge in [-0.25, -0.2) is 0 Å². The summed E-state index contributed by atoms with van der Waals surface area (Å²) in [6, 6.07) is 11.7. The quantitative estimate of drug-likeness (QED) is 0.937. The van der Waals surface area contributed by atoms with E-state index < -0.39 is 0 Å². The number of aryl methyl sites for hydroxylation is 1. The molecule has 0 saturated heterocycles. The zero-order valence-electron chi connectivity index (χ0n) is 9.89. The minimum Gasteiger partial charge on any atom is -0.365 e. The van der Waals surface area contributed by atoms with Gasteiger partial charge in [-0.05, 0) is 34.5 Å². The van der Waals surface area contributed by atoms with Crippen molar-refractivity contribution in [3.8, 4) is 6.07 Å². The van der Waals surface area contributed by atoms with Gasteiger partial charge in [-0.15, -0.1) is 0 Å². The fourth-order valence-electron chi connectivity index (χ4n) is 1.70. The smallest absolute Gasteiger partial charge is 0.140 e. The lowest BCUT2D eigenvalue weighted by molar-refractivity contribution is 0.990. The van der Waals surface area contributed by atoms with Gasteiger partial charge in [0.2, 0.25) is 0 Å². The van der Waals surface area contributed by atoms with E-state index in [1.54, 1.807) is 12.4 Å². The molecule has 1 heterocycles. The van der Waals surface area contributed by atoms with Crippen LogP contribution >= 0.6 is 15.9 Å². The molecular weight excluding hydrogens is 290 g/mol. The fourth-order valence-corrected chi connectivity index (χ4v) is 2.06. The Morgan fingerprint density at radius 2 is 2.17 bits per heavy atom. The first kappa shape index (κ1) is 12.6. The normalized spacial score (nSPS) is 11.6. The number of rotatable bonds is 3. The Balaban J connectivity index is 2.23. The van der Waals surface area contributed by atoms with Crippen molar-refractivity contribution in [2.75, 3.05) is 5.32 Å². The first-order chi connectivity index (χ1) is 8.69. The molecule has 0 bridgehead atoms. The summed E-state index contributed by atoms with van der Waals surface area (Å²) in [5.74, 6) is 0. The third kappa shape index (κ3) is 3.08. The molecule has 0 aliphatic heterocycles. The summed E-state index contributed by atoms with van der Waals surface area (Å²) in [6.07, 6.45) is 3.41. The van der Waals surface area contributed by atoms with Crippen molar-refractivity contribution in [1.82, 2.24) is 4.98 Å². The summed E-state index contributed by atoms with van der Waals surface area (Å²) in [7, 11) is 0. The van der Waals surface area contributed by atoms with Gasteiger partial charge in [0, 0.05) is 10.7 Å². The van der Waals surface area contributed by atoms with Crippen LogP contribution in [0.3, 0.4) is 0 Å². The van der Waals surface area contributed by atoms with E-state index in [2.05, 4.69) is 32.3 Å². The molecule has 1 aromatic carbocycles. The van der Waals surface area contributed by atoms with Crippen LogP contribution in [0.5, 0.6) is 0 Å². The summed E-state index contributed by atoms with van der Waals surface area (Å²) >= 11 is 3.36. The highest BCUT2D eigenvalue weighted by Gasteiger charge is 2.10. The van der Waals surface area contributed by atoms with Crippen molar-refractivity contribution >= 4 is 21.6 Å². The van der Waals surface area contributed by atoms with Gasteiger partial charge in [-0.2, -0.15) is 5.26 Å². The SMILES string of the molecule is Cc1cccc(C(C#N)Nc2cncc(Br)c2)c1. The highest BCUT2D eigenvalue weighted by molar-refractivity contribution is 9.10. The van der Waals surface area contributed by atoms with E-state index in [0.29, 0.717) is 0 Å². The maximum absolute atomic E-state index is 9.26. The molecule has 18 heavy (non-hydrogen) atoms. The fraction of sp³-hybridized carbons (Fsp3) is 0.143. The Labute approximate surface area is 115 Å². The molecule has 2 aromatic rings. The average molecular weight is 302 g/mol. The van der Waals surface area contributed by atoms with E-state index >= 15 is 0 Å². The van der Waals surface area contributed by atoms with Crippen LogP contribution in [0.1, 0.15) is 17.2 Å². The highest BCUT2D eigenvalue weighted by atomic mass is 79.9. The number of nitriles is 1. The van der Waals surface area contributed by atoms with Crippen molar-refractivity contribution in [1.29, 1.82) is 5.26 Å². The molecular formula is C14H12BrN3. The molecule has 0 spiro atoms. The molecule has 3 nitrogen and oxygen atoms in total. The zero-order valence-corrected chi connectivity index (χ0v) is 11.5. The average Bonchev–Trinajstić information content (AvgIpc) is 2.36. The van der Waals surface area contributed by atoms with Crippen LogP contribution < -0.4 is 5.32 Å². The van der Waals surface area contributed by atoms with Gasteiger partial charge < -0.3 is 5.32 Å². The largest absolute Gasteiger partial charge is 0.365 e. The van der Waals surface area contributed by atoms with E-state index in [0.717, 1.165) is 21.3 Å². The number of aromatic nitrogens is 1. The van der Waals surface area contributed by atoms with Crippen LogP contribution in [0, 0.1) is 18.3 Å². The minimum absolute atomic E-state index is 0.374. The number of hydrogen-bond acceptors (Lipinski definition) is 3. The molecule has 1 unspecified atom stereocenters. The van der Waals surface area contributed by atoms with Gasteiger partial charge in [0.1, 0.15) is 6.04 Å². The molecule has 0 fully saturated rings. The summed E-state index contributed by atoms with van der Waals surface area (Å²) < 4.78 is 0.883. The summed E-state index contributed by atoms with van der Waals surface area (Å²) in [5.41, 5.74) is 2.91. The van der Waals surface area contributed by atoms with Crippen LogP contribution in [0.4, 0.5) is 5.69 Å². The molecule has 2 rings (SSSR count). The van der Waals surface area contributed by atoms with Crippen LogP contribution in [0.25, 0.3) is 0 Å². The van der Waals surface area contributed by atoms with E-state index in [1.807, 2.05) is 37.3 Å². The Bertz CT molecular complexity index is 590. The minimum atomic E-state index is -0.374. The van der Waals surface area contributed by atoms with Crippen LogP contribution in [0.2, 0.25) is 0 Å². The number of benzene rings is 1. The molecule has 0 aliphatic carbocycles. The third-order valence-electron chi connectivity index (χ3n) is 2.52. The van der Waals surface area contributed by atoms with E-state index in [9.17, 15) is 5.26 Å². The molecule has 0 amide bonds. The van der Waals surface area contributed by atoms with Crippen molar-refractivity contribution < 1.29 is 0 Å². The van der Waals surface area contributed by atoms with Crippen LogP contribution in [-0.4, -0.2) is 4.98 Å². The number of halogens is 1. The summed E-state index contributed by atoms with van der Waals surface area (Å²) in [6.45, 7) is 2.01. The molecule has 1 atom stereocenters. The second-order valence-electron chi connectivity index (χ2n) is 4.01. The molecule has 4 heteroatoms. The number of nitrogens with one attached hydrogen (secondary N) is 1. The van der Waals surface area contributed by atoms with Crippen molar-refractivity contribution in [3.05, 3.63) is 58.3 Å². The monoisotopic (exact) mass is 301 g/mol. The molecule has 0 aliphatic rings. The topological polar surface area (TPSA) is 48.7 Å². The van der Waals surface area contributed by atoms with Crippen molar-refractivity contribution in [3.63, 3.8) is 0 Å². The molecule has 0 saturated carbocycles. The van der Waals surface area contributed by atoms with Gasteiger partial charge in [0.05, 0.1) is 18.0 Å². The Kier molecular flexibility index (Phi) is 3.96. The molecule has 90 valence electrons. The molecule has 0 radical (unpaired) electrons. The lowest BCUT2D eigenvalue weighted by Crippen LogP contribution is -2.08. The molecule has 1 aromatic heterocycles.